The number of hydrogen-bond acceptors (Lipinski definition) is 4. The predicted octanol–water partition coefficient (Wildman–Crippen LogP) is 1.85. The third-order valence-electron chi connectivity index (χ3n) is 3.15. The topological polar surface area (TPSA) is 91.5 Å². The fourth-order valence-corrected chi connectivity index (χ4v) is 2.05. The van der Waals surface area contributed by atoms with Crippen molar-refractivity contribution in [2.24, 2.45) is 0 Å². The molecule has 0 aliphatic rings. The number of fused-ring (bicyclic) bond motifs is 2. The van der Waals surface area contributed by atoms with Gasteiger partial charge in [-0.05, 0) is 35.0 Å². The summed E-state index contributed by atoms with van der Waals surface area (Å²) in [6, 6.07) is 7.31. The van der Waals surface area contributed by atoms with E-state index in [1.165, 1.54) is 0 Å². The lowest BCUT2D eigenvalue weighted by atomic mass is 10.2. The van der Waals surface area contributed by atoms with Crippen LogP contribution in [0.15, 0.2) is 71.0 Å². The molecule has 0 unspecified atom stereocenters. The summed E-state index contributed by atoms with van der Waals surface area (Å²) in [5.41, 5.74) is -0.175. The fraction of sp³-hybridized carbons (Fsp3) is 0. The van der Waals surface area contributed by atoms with Crippen molar-refractivity contribution in [3.05, 3.63) is 82.2 Å². The van der Waals surface area contributed by atoms with Crippen LogP contribution < -0.4 is 11.1 Å². The molecule has 0 amide bonds. The molecule has 22 heavy (non-hydrogen) atoms. The molecule has 0 aliphatic heterocycles. The standard InChI is InChI=1S/2C8H6N2O/c2*11-8-7-5-9-3-1-6(7)2-4-10-8/h2*1-5H,(H,10,11). The molecule has 2 N–H and O–H groups in total. The average Bonchev–Trinajstić information content (AvgIpc) is 2.57. The van der Waals surface area contributed by atoms with Gasteiger partial charge in [-0.1, -0.05) is 0 Å². The van der Waals surface area contributed by atoms with Crippen LogP contribution in [0, 0.1) is 0 Å². The molecule has 0 spiro atoms. The lowest BCUT2D eigenvalue weighted by molar-refractivity contribution is 1.26. The number of nitrogens with one attached hydrogen (secondary N) is 2. The van der Waals surface area contributed by atoms with Crippen molar-refractivity contribution in [2.45, 2.75) is 0 Å². The first kappa shape index (κ1) is 13.7. The second kappa shape index (κ2) is 6.01. The van der Waals surface area contributed by atoms with Crippen molar-refractivity contribution in [3.8, 4) is 0 Å². The Hall–Kier alpha value is -3.28. The van der Waals surface area contributed by atoms with Gasteiger partial charge in [0.1, 0.15) is 0 Å². The summed E-state index contributed by atoms with van der Waals surface area (Å²) in [5, 5.41) is 3.11. The summed E-state index contributed by atoms with van der Waals surface area (Å²) in [6.07, 6.45) is 9.72. The molecule has 0 atom stereocenters. The van der Waals surface area contributed by atoms with Gasteiger partial charge in [-0.2, -0.15) is 0 Å². The first-order chi connectivity index (χ1) is 10.8. The van der Waals surface area contributed by atoms with E-state index in [9.17, 15) is 9.59 Å². The van der Waals surface area contributed by atoms with Crippen molar-refractivity contribution < 1.29 is 0 Å². The van der Waals surface area contributed by atoms with Gasteiger partial charge >= 0.3 is 0 Å². The fourth-order valence-electron chi connectivity index (χ4n) is 2.05. The Balaban J connectivity index is 0.000000131. The van der Waals surface area contributed by atoms with Gasteiger partial charge in [0, 0.05) is 37.2 Å². The van der Waals surface area contributed by atoms with Crippen LogP contribution in [0.4, 0.5) is 0 Å². The molecule has 0 saturated heterocycles. The first-order valence-electron chi connectivity index (χ1n) is 6.58. The zero-order chi connectivity index (χ0) is 15.4. The molecule has 0 aliphatic carbocycles. The average molecular weight is 292 g/mol. The van der Waals surface area contributed by atoms with E-state index in [1.54, 1.807) is 37.2 Å². The van der Waals surface area contributed by atoms with E-state index in [-0.39, 0.29) is 11.1 Å². The monoisotopic (exact) mass is 292 g/mol. The molecule has 0 saturated carbocycles. The third kappa shape index (κ3) is 2.76. The molecule has 108 valence electrons. The molecule has 6 heteroatoms. The zero-order valence-corrected chi connectivity index (χ0v) is 11.5. The Labute approximate surface area is 124 Å². The van der Waals surface area contributed by atoms with Crippen LogP contribution in [0.2, 0.25) is 0 Å². The normalized spacial score (nSPS) is 10.2. The molecule has 4 aromatic rings. The van der Waals surface area contributed by atoms with Crippen LogP contribution >= 0.6 is 0 Å². The van der Waals surface area contributed by atoms with Crippen LogP contribution in [0.1, 0.15) is 0 Å². The van der Waals surface area contributed by atoms with Crippen molar-refractivity contribution >= 4 is 21.5 Å². The van der Waals surface area contributed by atoms with Gasteiger partial charge in [-0.3, -0.25) is 19.6 Å². The van der Waals surface area contributed by atoms with Gasteiger partial charge in [-0.15, -0.1) is 0 Å². The van der Waals surface area contributed by atoms with Gasteiger partial charge in [-0.25, -0.2) is 0 Å². The lowest BCUT2D eigenvalue weighted by Gasteiger charge is -1.91. The molecule has 4 rings (SSSR count). The van der Waals surface area contributed by atoms with E-state index in [1.807, 2.05) is 24.3 Å². The van der Waals surface area contributed by atoms with Crippen LogP contribution in [0.3, 0.4) is 0 Å². The van der Waals surface area contributed by atoms with E-state index >= 15 is 0 Å². The largest absolute Gasteiger partial charge is 0.329 e. The van der Waals surface area contributed by atoms with Gasteiger partial charge in [0.05, 0.1) is 10.8 Å². The highest BCUT2D eigenvalue weighted by molar-refractivity contribution is 5.80. The summed E-state index contributed by atoms with van der Waals surface area (Å²) < 4.78 is 0. The van der Waals surface area contributed by atoms with Gasteiger partial charge in [0.15, 0.2) is 0 Å². The van der Waals surface area contributed by atoms with Crippen molar-refractivity contribution in [3.63, 3.8) is 0 Å². The summed E-state index contributed by atoms with van der Waals surface area (Å²) in [7, 11) is 0. The van der Waals surface area contributed by atoms with Crippen molar-refractivity contribution in [2.75, 3.05) is 0 Å². The van der Waals surface area contributed by atoms with Crippen LogP contribution in [-0.4, -0.2) is 19.9 Å². The minimum atomic E-state index is -0.0874. The quantitative estimate of drug-likeness (QED) is 0.517. The predicted molar refractivity (Wildman–Crippen MR) is 84.7 cm³/mol. The van der Waals surface area contributed by atoms with E-state index in [2.05, 4.69) is 19.9 Å². The van der Waals surface area contributed by atoms with Gasteiger partial charge in [0.2, 0.25) is 0 Å². The molecule has 0 bridgehead atoms. The second-order valence-electron chi connectivity index (χ2n) is 4.54. The summed E-state index contributed by atoms with van der Waals surface area (Å²) in [5.74, 6) is 0. The first-order valence-corrected chi connectivity index (χ1v) is 6.58. The summed E-state index contributed by atoms with van der Waals surface area (Å²) in [6.45, 7) is 0. The maximum atomic E-state index is 11.1. The molecule has 6 nitrogen and oxygen atoms in total. The van der Waals surface area contributed by atoms with E-state index in [0.717, 1.165) is 10.8 Å². The molecular formula is C16H12N4O2. The molecule has 0 aromatic carbocycles. The minimum absolute atomic E-state index is 0.0874. The summed E-state index contributed by atoms with van der Waals surface area (Å²) >= 11 is 0. The Morgan fingerprint density at radius 1 is 0.682 bits per heavy atom. The SMILES string of the molecule is O=c1[nH]ccc2ccncc12.O=c1[nH]ccc2ccncc12. The number of hydrogen-bond donors (Lipinski definition) is 2. The minimum Gasteiger partial charge on any atom is -0.329 e. The van der Waals surface area contributed by atoms with E-state index in [4.69, 9.17) is 0 Å². The highest BCUT2D eigenvalue weighted by Crippen LogP contribution is 2.04. The Morgan fingerprint density at radius 2 is 1.14 bits per heavy atom. The number of rotatable bonds is 0. The third-order valence-corrected chi connectivity index (χ3v) is 3.15. The summed E-state index contributed by atoms with van der Waals surface area (Å²) in [4.78, 5) is 35.0. The Morgan fingerprint density at radius 3 is 1.55 bits per heavy atom. The maximum Gasteiger partial charge on any atom is 0.257 e. The highest BCUT2D eigenvalue weighted by Gasteiger charge is 1.94. The Kier molecular flexibility index (Phi) is 3.74. The molecular weight excluding hydrogens is 280 g/mol. The van der Waals surface area contributed by atoms with Crippen molar-refractivity contribution in [1.29, 1.82) is 0 Å². The molecule has 0 radical (unpaired) electrons. The number of pyridine rings is 4. The lowest BCUT2D eigenvalue weighted by Crippen LogP contribution is -2.03. The number of aromatic nitrogens is 4. The Bertz CT molecular complexity index is 941. The zero-order valence-electron chi connectivity index (χ0n) is 11.5. The molecule has 0 fully saturated rings. The van der Waals surface area contributed by atoms with Crippen LogP contribution in [0.5, 0.6) is 0 Å². The molecule has 4 heterocycles. The van der Waals surface area contributed by atoms with Crippen LogP contribution in [-0.2, 0) is 0 Å². The maximum absolute atomic E-state index is 11.1. The second-order valence-corrected chi connectivity index (χ2v) is 4.54. The van der Waals surface area contributed by atoms with Crippen molar-refractivity contribution in [1.82, 2.24) is 19.9 Å². The van der Waals surface area contributed by atoms with E-state index in [0.29, 0.717) is 10.8 Å². The van der Waals surface area contributed by atoms with E-state index < -0.39 is 0 Å². The molecule has 4 aromatic heterocycles. The number of aromatic amines is 2. The van der Waals surface area contributed by atoms with Gasteiger partial charge < -0.3 is 9.97 Å². The van der Waals surface area contributed by atoms with Gasteiger partial charge in [0.25, 0.3) is 11.1 Å². The van der Waals surface area contributed by atoms with Crippen LogP contribution in [0.25, 0.3) is 21.5 Å². The smallest absolute Gasteiger partial charge is 0.257 e. The highest BCUT2D eigenvalue weighted by atomic mass is 16.1. The number of nitrogens with zero attached hydrogens (tertiary/aromatic N) is 2. The number of H-pyrrole nitrogens is 2.